The molecule has 0 amide bonds. The first-order valence-corrected chi connectivity index (χ1v) is 8.05. The summed E-state index contributed by atoms with van der Waals surface area (Å²) in [5.74, 6) is 0.281. The lowest BCUT2D eigenvalue weighted by atomic mass is 10.0. The van der Waals surface area contributed by atoms with E-state index in [0.29, 0.717) is 29.4 Å². The molecule has 3 aromatic rings. The molecule has 2 heterocycles. The Balaban J connectivity index is 1.85. The molecule has 1 aromatic carbocycles. The van der Waals surface area contributed by atoms with E-state index in [-0.39, 0.29) is 5.82 Å². The van der Waals surface area contributed by atoms with Crippen LogP contribution in [0, 0.1) is 0 Å². The lowest BCUT2D eigenvalue weighted by Gasteiger charge is -2.21. The second-order valence-corrected chi connectivity index (χ2v) is 6.13. The zero-order valence-corrected chi connectivity index (χ0v) is 14.0. The van der Waals surface area contributed by atoms with Gasteiger partial charge in [0.15, 0.2) is 5.65 Å². The molecule has 0 aliphatic heterocycles. The van der Waals surface area contributed by atoms with Gasteiger partial charge in [-0.1, -0.05) is 18.2 Å². The number of nitrogens with zero attached hydrogens (tertiary/aromatic N) is 4. The number of alkyl halides is 3. The van der Waals surface area contributed by atoms with Gasteiger partial charge in [0.25, 0.3) is 0 Å². The van der Waals surface area contributed by atoms with Crippen molar-refractivity contribution in [3.63, 3.8) is 0 Å². The minimum atomic E-state index is -4.38. The monoisotopic (exact) mass is 365 g/mol. The van der Waals surface area contributed by atoms with E-state index in [4.69, 9.17) is 5.73 Å². The highest BCUT2D eigenvalue weighted by Gasteiger charge is 2.30. The fraction of sp³-hybridized carbons (Fsp3) is 0.353. The van der Waals surface area contributed by atoms with Crippen LogP contribution >= 0.6 is 0 Å². The van der Waals surface area contributed by atoms with Crippen molar-refractivity contribution in [2.24, 2.45) is 0 Å². The van der Waals surface area contributed by atoms with Crippen LogP contribution in [0.25, 0.3) is 11.0 Å². The van der Waals surface area contributed by atoms with Crippen molar-refractivity contribution in [2.75, 3.05) is 5.73 Å². The molecule has 3 rings (SSSR count). The molecular weight excluding hydrogens is 347 g/mol. The first-order chi connectivity index (χ1) is 12.3. The molecule has 26 heavy (non-hydrogen) atoms. The van der Waals surface area contributed by atoms with Gasteiger partial charge in [-0.15, -0.1) is 0 Å². The standard InChI is InChI=1S/C17H18F3N5O/c1-10(26)14(25-16-13(8-24-25)15(21)22-9-23-16)6-5-11-3-2-4-12(7-11)17(18,19)20/h2-4,7-10,14,26H,5-6H2,1H3,(H2,21,22,23)/t10-,14+/m0/s1. The fourth-order valence-corrected chi connectivity index (χ4v) is 2.91. The Morgan fingerprint density at radius 2 is 2.04 bits per heavy atom. The molecule has 0 bridgehead atoms. The summed E-state index contributed by atoms with van der Waals surface area (Å²) in [5.41, 5.74) is 6.13. The van der Waals surface area contributed by atoms with Crippen LogP contribution < -0.4 is 5.73 Å². The lowest BCUT2D eigenvalue weighted by molar-refractivity contribution is -0.137. The number of hydrogen-bond acceptors (Lipinski definition) is 5. The molecule has 0 fully saturated rings. The number of halogens is 3. The zero-order chi connectivity index (χ0) is 18.9. The number of benzene rings is 1. The summed E-state index contributed by atoms with van der Waals surface area (Å²) >= 11 is 0. The Labute approximate surface area is 147 Å². The predicted molar refractivity (Wildman–Crippen MR) is 90.2 cm³/mol. The van der Waals surface area contributed by atoms with Crippen molar-refractivity contribution < 1.29 is 18.3 Å². The number of rotatable bonds is 5. The molecule has 3 N–H and O–H groups in total. The van der Waals surface area contributed by atoms with Crippen LogP contribution in [0.1, 0.15) is 30.5 Å². The summed E-state index contributed by atoms with van der Waals surface area (Å²) in [4.78, 5) is 8.05. The molecule has 138 valence electrons. The van der Waals surface area contributed by atoms with Gasteiger partial charge in [0.2, 0.25) is 0 Å². The van der Waals surface area contributed by atoms with Gasteiger partial charge in [-0.05, 0) is 31.4 Å². The summed E-state index contributed by atoms with van der Waals surface area (Å²) in [6, 6.07) is 4.72. The maximum atomic E-state index is 12.9. The summed E-state index contributed by atoms with van der Waals surface area (Å²) in [5, 5.41) is 15.0. The third-order valence-corrected chi connectivity index (χ3v) is 4.28. The average Bonchev–Trinajstić information content (AvgIpc) is 3.00. The van der Waals surface area contributed by atoms with Crippen molar-refractivity contribution >= 4 is 16.9 Å². The summed E-state index contributed by atoms with van der Waals surface area (Å²) in [7, 11) is 0. The van der Waals surface area contributed by atoms with Crippen LogP contribution in [-0.2, 0) is 12.6 Å². The van der Waals surface area contributed by atoms with Gasteiger partial charge < -0.3 is 10.8 Å². The molecule has 9 heteroatoms. The van der Waals surface area contributed by atoms with E-state index in [1.807, 2.05) is 0 Å². The second kappa shape index (κ2) is 6.91. The van der Waals surface area contributed by atoms with E-state index < -0.39 is 23.9 Å². The van der Waals surface area contributed by atoms with Gasteiger partial charge in [-0.2, -0.15) is 18.3 Å². The van der Waals surface area contributed by atoms with Crippen LogP contribution in [0.15, 0.2) is 36.8 Å². The predicted octanol–water partition coefficient (Wildman–Crippen LogP) is 2.98. The zero-order valence-electron chi connectivity index (χ0n) is 14.0. The Kier molecular flexibility index (Phi) is 4.82. The van der Waals surface area contributed by atoms with Gasteiger partial charge in [0.05, 0.1) is 29.3 Å². The van der Waals surface area contributed by atoms with Gasteiger partial charge in [-0.3, -0.25) is 0 Å². The quantitative estimate of drug-likeness (QED) is 0.725. The second-order valence-electron chi connectivity index (χ2n) is 6.13. The maximum absolute atomic E-state index is 12.9. The fourth-order valence-electron chi connectivity index (χ4n) is 2.91. The number of nitrogens with two attached hydrogens (primary N) is 1. The van der Waals surface area contributed by atoms with E-state index >= 15 is 0 Å². The number of aromatic nitrogens is 4. The molecule has 0 spiro atoms. The molecular formula is C17H18F3N5O. The van der Waals surface area contributed by atoms with Crippen LogP contribution in [0.4, 0.5) is 19.0 Å². The largest absolute Gasteiger partial charge is 0.416 e. The molecule has 0 radical (unpaired) electrons. The Hall–Kier alpha value is -2.68. The maximum Gasteiger partial charge on any atom is 0.416 e. The van der Waals surface area contributed by atoms with Crippen molar-refractivity contribution in [2.45, 2.75) is 38.1 Å². The molecule has 6 nitrogen and oxygen atoms in total. The number of fused-ring (bicyclic) bond motifs is 1. The van der Waals surface area contributed by atoms with Gasteiger partial charge in [0.1, 0.15) is 12.1 Å². The third-order valence-electron chi connectivity index (χ3n) is 4.28. The smallest absolute Gasteiger partial charge is 0.391 e. The first-order valence-electron chi connectivity index (χ1n) is 8.05. The van der Waals surface area contributed by atoms with Crippen molar-refractivity contribution in [1.82, 2.24) is 19.7 Å². The number of aryl methyl sites for hydroxylation is 1. The summed E-state index contributed by atoms with van der Waals surface area (Å²) < 4.78 is 40.1. The highest BCUT2D eigenvalue weighted by molar-refractivity contribution is 5.84. The first kappa shape index (κ1) is 18.1. The minimum Gasteiger partial charge on any atom is -0.391 e. The highest BCUT2D eigenvalue weighted by atomic mass is 19.4. The van der Waals surface area contributed by atoms with E-state index in [0.717, 1.165) is 12.1 Å². The SMILES string of the molecule is C[C@H](O)[C@@H](CCc1cccc(C(F)(F)F)c1)n1ncc2c(N)ncnc21. The molecule has 2 atom stereocenters. The van der Waals surface area contributed by atoms with Crippen molar-refractivity contribution in [3.8, 4) is 0 Å². The van der Waals surface area contributed by atoms with Crippen molar-refractivity contribution in [1.29, 1.82) is 0 Å². The van der Waals surface area contributed by atoms with Crippen LogP contribution in [-0.4, -0.2) is 31.0 Å². The summed E-state index contributed by atoms with van der Waals surface area (Å²) in [6.45, 7) is 1.61. The highest BCUT2D eigenvalue weighted by Crippen LogP contribution is 2.30. The number of nitrogen functional groups attached to an aromatic ring is 1. The van der Waals surface area contributed by atoms with E-state index in [1.54, 1.807) is 17.7 Å². The minimum absolute atomic E-state index is 0.281. The topological polar surface area (TPSA) is 89.8 Å². The Morgan fingerprint density at radius 1 is 1.27 bits per heavy atom. The van der Waals surface area contributed by atoms with Crippen LogP contribution in [0.5, 0.6) is 0 Å². The van der Waals surface area contributed by atoms with Gasteiger partial charge in [0, 0.05) is 0 Å². The molecule has 0 saturated carbocycles. The average molecular weight is 365 g/mol. The van der Waals surface area contributed by atoms with Crippen molar-refractivity contribution in [3.05, 3.63) is 47.9 Å². The van der Waals surface area contributed by atoms with Gasteiger partial charge in [-0.25, -0.2) is 14.6 Å². The number of anilines is 1. The van der Waals surface area contributed by atoms with E-state index in [1.165, 1.54) is 18.6 Å². The number of aliphatic hydroxyl groups excluding tert-OH is 1. The lowest BCUT2D eigenvalue weighted by Crippen LogP contribution is -2.23. The molecule has 2 aromatic heterocycles. The summed E-state index contributed by atoms with van der Waals surface area (Å²) in [6.07, 6.45) is -1.60. The van der Waals surface area contributed by atoms with Crippen LogP contribution in [0.2, 0.25) is 0 Å². The van der Waals surface area contributed by atoms with Crippen LogP contribution in [0.3, 0.4) is 0 Å². The van der Waals surface area contributed by atoms with E-state index in [2.05, 4.69) is 15.1 Å². The Morgan fingerprint density at radius 3 is 2.73 bits per heavy atom. The van der Waals surface area contributed by atoms with Gasteiger partial charge >= 0.3 is 6.18 Å². The number of aliphatic hydroxyl groups is 1. The molecule has 0 aliphatic rings. The Bertz CT molecular complexity index is 907. The normalized spacial score (nSPS) is 14.5. The molecule has 0 unspecified atom stereocenters. The third kappa shape index (κ3) is 3.62. The molecule has 0 aliphatic carbocycles. The molecule has 0 saturated heterocycles. The van der Waals surface area contributed by atoms with E-state index in [9.17, 15) is 18.3 Å². The number of hydrogen-bond donors (Lipinski definition) is 2.